The molecule has 2 N–H and O–H groups in total. The maximum atomic E-state index is 14.7. The number of cyclic esters (lactones) is 1. The summed E-state index contributed by atoms with van der Waals surface area (Å²) in [6, 6.07) is 16.0. The summed E-state index contributed by atoms with van der Waals surface area (Å²) < 4.78 is 14.3. The maximum absolute atomic E-state index is 14.7. The molecule has 2 saturated heterocycles. The highest BCUT2D eigenvalue weighted by Crippen LogP contribution is 2.42. The van der Waals surface area contributed by atoms with Crippen molar-refractivity contribution in [1.29, 1.82) is 0 Å². The van der Waals surface area contributed by atoms with E-state index >= 15 is 0 Å². The number of ether oxygens (including phenoxy) is 2. The summed E-state index contributed by atoms with van der Waals surface area (Å²) in [4.78, 5) is 78.2. The van der Waals surface area contributed by atoms with Gasteiger partial charge in [0.1, 0.15) is 18.1 Å². The molecule has 5 atom stereocenters. The molecule has 2 aromatic heterocycles. The van der Waals surface area contributed by atoms with Crippen molar-refractivity contribution in [3.8, 4) is 22.4 Å². The minimum atomic E-state index is -1.03. The van der Waals surface area contributed by atoms with Crippen LogP contribution in [0.25, 0.3) is 33.3 Å². The van der Waals surface area contributed by atoms with E-state index in [2.05, 4.69) is 72.5 Å². The molecule has 3 fully saturated rings. The van der Waals surface area contributed by atoms with Crippen LogP contribution in [0.2, 0.25) is 0 Å². The number of rotatable bonds is 10. The van der Waals surface area contributed by atoms with Crippen molar-refractivity contribution < 1.29 is 33.4 Å². The Hall–Kier alpha value is -5.60. The summed E-state index contributed by atoms with van der Waals surface area (Å²) in [7, 11) is 3.34. The third kappa shape index (κ3) is 9.62. The molecule has 0 radical (unpaired) electrons. The Morgan fingerprint density at radius 3 is 2.48 bits per heavy atom. The van der Waals surface area contributed by atoms with Gasteiger partial charge in [0.2, 0.25) is 17.7 Å². The Labute approximate surface area is 388 Å². The van der Waals surface area contributed by atoms with Crippen molar-refractivity contribution in [3.05, 3.63) is 77.6 Å². The number of likely N-dealkylation sites (tertiary alicyclic amines) is 1. The van der Waals surface area contributed by atoms with Gasteiger partial charge in [-0.1, -0.05) is 58.0 Å². The fourth-order valence-electron chi connectivity index (χ4n) is 10.3. The summed E-state index contributed by atoms with van der Waals surface area (Å²) in [5, 5.41) is 5.62. The first-order valence-electron chi connectivity index (χ1n) is 23.9. The highest BCUT2D eigenvalue weighted by molar-refractivity contribution is 5.96. The minimum Gasteiger partial charge on any atom is -0.464 e. The third-order valence-corrected chi connectivity index (χ3v) is 14.1. The van der Waals surface area contributed by atoms with Gasteiger partial charge >= 0.3 is 5.97 Å². The van der Waals surface area contributed by atoms with Crippen molar-refractivity contribution in [2.75, 3.05) is 40.4 Å². The average molecular weight is 902 g/mol. The number of amides is 4. The zero-order valence-corrected chi connectivity index (χ0v) is 39.9. The lowest BCUT2D eigenvalue weighted by molar-refractivity contribution is -0.155. The number of carbonyl (C=O) groups is 5. The van der Waals surface area contributed by atoms with E-state index in [1.165, 1.54) is 9.91 Å². The number of nitrogens with one attached hydrogen (secondary N) is 2. The Kier molecular flexibility index (Phi) is 13.7. The highest BCUT2D eigenvalue weighted by atomic mass is 16.5. The summed E-state index contributed by atoms with van der Waals surface area (Å²) in [5.41, 5.74) is 10.5. The molecular weight excluding hydrogens is 835 g/mol. The summed E-state index contributed by atoms with van der Waals surface area (Å²) in [6.07, 6.45) is 5.69. The molecule has 2 aromatic carbocycles. The van der Waals surface area contributed by atoms with E-state index in [9.17, 15) is 24.0 Å². The van der Waals surface area contributed by atoms with Crippen molar-refractivity contribution in [2.24, 2.45) is 23.2 Å². The lowest BCUT2D eigenvalue weighted by atomic mass is 9.84. The van der Waals surface area contributed by atoms with Crippen LogP contribution in [0.3, 0.4) is 0 Å². The first-order chi connectivity index (χ1) is 31.6. The van der Waals surface area contributed by atoms with Crippen LogP contribution in [0.4, 0.5) is 0 Å². The molecule has 14 heteroatoms. The number of hydrogen-bond donors (Lipinski definition) is 2. The van der Waals surface area contributed by atoms with Crippen LogP contribution in [0.5, 0.6) is 0 Å². The van der Waals surface area contributed by atoms with Gasteiger partial charge in [-0.25, -0.2) is 5.43 Å². The van der Waals surface area contributed by atoms with Gasteiger partial charge in [0.05, 0.1) is 30.0 Å². The topological polar surface area (TPSA) is 155 Å². The first kappa shape index (κ1) is 46.9. The molecule has 352 valence electrons. The van der Waals surface area contributed by atoms with Crippen molar-refractivity contribution in [1.82, 2.24) is 35.1 Å². The van der Waals surface area contributed by atoms with Gasteiger partial charge in [-0.15, -0.1) is 0 Å². The molecule has 3 aliphatic heterocycles. The van der Waals surface area contributed by atoms with Gasteiger partial charge < -0.3 is 29.2 Å². The van der Waals surface area contributed by atoms with E-state index in [-0.39, 0.29) is 48.7 Å². The number of likely N-dealkylation sites (N-methyl/N-ethyl adjacent to an activating group) is 1. The fraction of sp³-hybridized carbons (Fsp3) is 0.538. The summed E-state index contributed by atoms with van der Waals surface area (Å²) >= 11 is 0. The first-order valence-corrected chi connectivity index (χ1v) is 23.9. The Bertz CT molecular complexity index is 2490. The minimum absolute atomic E-state index is 0.0739. The number of esters is 1. The second kappa shape index (κ2) is 19.3. The predicted octanol–water partition coefficient (Wildman–Crippen LogP) is 6.49. The number of aromatic nitrogens is 2. The second-order valence-electron chi connectivity index (χ2n) is 20.0. The van der Waals surface area contributed by atoms with Gasteiger partial charge in [0, 0.05) is 80.8 Å². The zero-order chi connectivity index (χ0) is 47.0. The number of carbonyl (C=O) groups excluding carboxylic acids is 5. The molecule has 66 heavy (non-hydrogen) atoms. The van der Waals surface area contributed by atoms with Crippen LogP contribution < -0.4 is 10.7 Å². The maximum Gasteiger partial charge on any atom is 0.324 e. The Morgan fingerprint density at radius 2 is 1.76 bits per heavy atom. The Balaban J connectivity index is 1.16. The molecule has 1 aliphatic carbocycles. The Morgan fingerprint density at radius 1 is 0.985 bits per heavy atom. The number of hydrazine groups is 1. The van der Waals surface area contributed by atoms with Crippen molar-refractivity contribution in [3.63, 3.8) is 0 Å². The molecule has 4 aromatic rings. The van der Waals surface area contributed by atoms with Crippen molar-refractivity contribution in [2.45, 2.75) is 117 Å². The third-order valence-electron chi connectivity index (χ3n) is 14.1. The van der Waals surface area contributed by atoms with Gasteiger partial charge in [-0.2, -0.15) is 0 Å². The van der Waals surface area contributed by atoms with E-state index in [0.717, 1.165) is 62.9 Å². The number of hydrogen-bond acceptors (Lipinski definition) is 9. The van der Waals surface area contributed by atoms with E-state index < -0.39 is 41.3 Å². The zero-order valence-electron chi connectivity index (χ0n) is 39.9. The number of aryl methyl sites for hydroxylation is 1. The van der Waals surface area contributed by atoms with Gasteiger partial charge in [-0.3, -0.25) is 34.0 Å². The van der Waals surface area contributed by atoms with Crippen LogP contribution >= 0.6 is 0 Å². The number of pyridine rings is 1. The molecule has 5 heterocycles. The summed E-state index contributed by atoms with van der Waals surface area (Å²) in [5.74, 6) is -1.95. The molecule has 4 amide bonds. The van der Waals surface area contributed by atoms with E-state index in [1.54, 1.807) is 25.3 Å². The molecular formula is C52H67N7O7. The average Bonchev–Trinajstić information content (AvgIpc) is 3.97. The lowest BCUT2D eigenvalue weighted by Crippen LogP contribution is -2.62. The van der Waals surface area contributed by atoms with Gasteiger partial charge in [0.15, 0.2) is 0 Å². The van der Waals surface area contributed by atoms with E-state index in [1.807, 2.05) is 39.0 Å². The quantitative estimate of drug-likeness (QED) is 0.170. The SMILES string of the molecule is CCn1c(-c2cccnc2[C@H](C)OC)c2c3cc(ccc31)-c1cccc(c1)C[C@H](NC(=O)C(C(C)C)N(C)C(=O)[C@H]1CCN(C(=O)C3CC3)C1)C(=O)N1CCC[C@H](N1)C(=O)OCC(C)(C)C2. The summed E-state index contributed by atoms with van der Waals surface area (Å²) in [6.45, 7) is 14.2. The fourth-order valence-corrected chi connectivity index (χ4v) is 10.3. The second-order valence-corrected chi connectivity index (χ2v) is 20.0. The van der Waals surface area contributed by atoms with Crippen LogP contribution in [-0.4, -0.2) is 112 Å². The monoisotopic (exact) mass is 902 g/mol. The molecule has 1 saturated carbocycles. The van der Waals surface area contributed by atoms with Crippen LogP contribution in [0.1, 0.15) is 96.6 Å². The van der Waals surface area contributed by atoms with Gasteiger partial charge in [-0.05, 0) is 105 Å². The molecule has 6 bridgehead atoms. The number of methoxy groups -OCH3 is 1. The molecule has 4 aliphatic rings. The van der Waals surface area contributed by atoms with Crippen molar-refractivity contribution >= 4 is 40.5 Å². The normalized spacial score (nSPS) is 22.2. The largest absolute Gasteiger partial charge is 0.464 e. The number of fused-ring (bicyclic) bond motifs is 6. The number of benzene rings is 2. The molecule has 8 rings (SSSR count). The van der Waals surface area contributed by atoms with Gasteiger partial charge in [0.25, 0.3) is 5.91 Å². The van der Waals surface area contributed by atoms with E-state index in [4.69, 9.17) is 14.5 Å². The predicted molar refractivity (Wildman–Crippen MR) is 252 cm³/mol. The van der Waals surface area contributed by atoms with Crippen LogP contribution in [0, 0.1) is 23.2 Å². The van der Waals surface area contributed by atoms with Crippen LogP contribution in [0.15, 0.2) is 60.8 Å². The molecule has 1 unspecified atom stereocenters. The molecule has 0 spiro atoms. The molecule has 14 nitrogen and oxygen atoms in total. The van der Waals surface area contributed by atoms with E-state index in [0.29, 0.717) is 51.9 Å². The highest BCUT2D eigenvalue weighted by Gasteiger charge is 2.42. The van der Waals surface area contributed by atoms with Crippen LogP contribution in [-0.2, 0) is 52.8 Å². The number of nitrogens with zero attached hydrogens (tertiary/aromatic N) is 5. The smallest absolute Gasteiger partial charge is 0.324 e. The lowest BCUT2D eigenvalue weighted by Gasteiger charge is -2.37. The standard InChI is InChI=1S/C52H67N7O7/c1-9-58-43-20-19-36-27-39(43)40(46(58)38-15-11-22-53-44(38)32(4)65-8)28-52(5,6)30-66-51(64)41-16-12-23-59(55-41)50(63)42(26-33-13-10-14-35(36)25-33)54-47(60)45(31(2)3)56(7)48(61)37-21-24-57(29-37)49(62)34-17-18-34/h10-11,13-15,19-20,22,25,27,31-32,34,37,41-42,45,55H,9,12,16-18,21,23-24,26,28-30H2,1-8H3,(H,54,60)/t32-,37-,41-,42-,45?/m0/s1.